The topological polar surface area (TPSA) is 49.4 Å². The van der Waals surface area contributed by atoms with E-state index in [0.717, 1.165) is 25.7 Å². The Kier molecular flexibility index (Phi) is 3.39. The average Bonchev–Trinajstić information content (AvgIpc) is 2.49. The van der Waals surface area contributed by atoms with Crippen molar-refractivity contribution in [3.8, 4) is 0 Å². The lowest BCUT2D eigenvalue weighted by Crippen LogP contribution is -2.65. The van der Waals surface area contributed by atoms with Crippen molar-refractivity contribution in [1.82, 2.24) is 10.2 Å². The quantitative estimate of drug-likeness (QED) is 0.720. The van der Waals surface area contributed by atoms with Gasteiger partial charge in [0.15, 0.2) is 0 Å². The summed E-state index contributed by atoms with van der Waals surface area (Å²) in [5, 5.41) is 2.92. The molecule has 1 saturated carbocycles. The molecule has 1 aliphatic heterocycles. The second kappa shape index (κ2) is 4.56. The number of amides is 3. The van der Waals surface area contributed by atoms with E-state index in [1.54, 1.807) is 0 Å². The summed E-state index contributed by atoms with van der Waals surface area (Å²) in [6.07, 6.45) is 6.44. The second-order valence-electron chi connectivity index (χ2n) is 6.66. The molecule has 2 rings (SSSR count). The highest BCUT2D eigenvalue weighted by Crippen LogP contribution is 2.39. The first-order chi connectivity index (χ1) is 8.37. The largest absolute Gasteiger partial charge is 0.337 e. The lowest BCUT2D eigenvalue weighted by Gasteiger charge is -2.45. The normalized spacial score (nSPS) is 24.9. The molecular formula is C14H24N2O2. The van der Waals surface area contributed by atoms with Crippen molar-refractivity contribution in [2.45, 2.75) is 64.8 Å². The minimum atomic E-state index is -0.444. The Morgan fingerprint density at radius 1 is 1.06 bits per heavy atom. The Labute approximate surface area is 109 Å². The van der Waals surface area contributed by atoms with Gasteiger partial charge in [-0.15, -0.1) is 0 Å². The Morgan fingerprint density at radius 3 is 2.11 bits per heavy atom. The van der Waals surface area contributed by atoms with Gasteiger partial charge in [0.05, 0.1) is 5.41 Å². The summed E-state index contributed by atoms with van der Waals surface area (Å²) >= 11 is 0. The van der Waals surface area contributed by atoms with Crippen LogP contribution in [0.5, 0.6) is 0 Å². The van der Waals surface area contributed by atoms with Crippen LogP contribution in [-0.4, -0.2) is 28.9 Å². The predicted octanol–water partition coefficient (Wildman–Crippen LogP) is 2.68. The summed E-state index contributed by atoms with van der Waals surface area (Å²) in [7, 11) is 0. The van der Waals surface area contributed by atoms with Gasteiger partial charge in [-0.1, -0.05) is 25.7 Å². The molecule has 0 radical (unpaired) electrons. The Balaban J connectivity index is 2.28. The zero-order valence-electron chi connectivity index (χ0n) is 11.7. The van der Waals surface area contributed by atoms with Gasteiger partial charge in [0.2, 0.25) is 5.91 Å². The van der Waals surface area contributed by atoms with Gasteiger partial charge in [0, 0.05) is 12.1 Å². The number of hydrogen-bond acceptors (Lipinski definition) is 2. The summed E-state index contributed by atoms with van der Waals surface area (Å²) in [6.45, 7) is 6.28. The summed E-state index contributed by atoms with van der Waals surface area (Å²) in [6, 6.07) is -0.234. The molecule has 1 N–H and O–H groups in total. The molecule has 1 saturated heterocycles. The van der Waals surface area contributed by atoms with Crippen LogP contribution in [0.3, 0.4) is 0 Å². The molecule has 2 fully saturated rings. The number of carbonyl (C=O) groups is 2. The molecular weight excluding hydrogens is 228 g/mol. The first kappa shape index (κ1) is 13.4. The van der Waals surface area contributed by atoms with Gasteiger partial charge in [-0.3, -0.25) is 9.69 Å². The third-order valence-electron chi connectivity index (χ3n) is 4.17. The summed E-state index contributed by atoms with van der Waals surface area (Å²) in [4.78, 5) is 26.2. The van der Waals surface area contributed by atoms with Crippen molar-refractivity contribution in [3.63, 3.8) is 0 Å². The first-order valence-electron chi connectivity index (χ1n) is 6.99. The number of rotatable bonds is 0. The fraction of sp³-hybridized carbons (Fsp3) is 0.857. The number of carbonyl (C=O) groups excluding carboxylic acids is 2. The van der Waals surface area contributed by atoms with Gasteiger partial charge in [0.1, 0.15) is 0 Å². The summed E-state index contributed by atoms with van der Waals surface area (Å²) in [5.41, 5.74) is -0.779. The number of nitrogens with zero attached hydrogens (tertiary/aromatic N) is 1. The highest BCUT2D eigenvalue weighted by Gasteiger charge is 2.49. The van der Waals surface area contributed by atoms with Crippen LogP contribution in [0.2, 0.25) is 0 Å². The molecule has 4 heteroatoms. The second-order valence-corrected chi connectivity index (χ2v) is 6.66. The molecule has 18 heavy (non-hydrogen) atoms. The molecule has 1 aliphatic carbocycles. The zero-order chi connectivity index (χ0) is 13.4. The lowest BCUT2D eigenvalue weighted by atomic mass is 9.77. The van der Waals surface area contributed by atoms with Gasteiger partial charge < -0.3 is 5.32 Å². The highest BCUT2D eigenvalue weighted by molar-refractivity contribution is 6.00. The fourth-order valence-electron chi connectivity index (χ4n) is 3.13. The van der Waals surface area contributed by atoms with Gasteiger partial charge in [-0.2, -0.15) is 0 Å². The van der Waals surface area contributed by atoms with Crippen molar-refractivity contribution in [3.05, 3.63) is 0 Å². The van der Waals surface area contributed by atoms with E-state index in [4.69, 9.17) is 0 Å². The molecule has 4 nitrogen and oxygen atoms in total. The fourth-order valence-corrected chi connectivity index (χ4v) is 3.13. The van der Waals surface area contributed by atoms with Gasteiger partial charge in [-0.25, -0.2) is 4.79 Å². The molecule has 0 aromatic carbocycles. The van der Waals surface area contributed by atoms with E-state index in [2.05, 4.69) is 5.32 Å². The minimum Gasteiger partial charge on any atom is -0.337 e. The van der Waals surface area contributed by atoms with Crippen LogP contribution in [0.15, 0.2) is 0 Å². The van der Waals surface area contributed by atoms with E-state index >= 15 is 0 Å². The maximum atomic E-state index is 12.8. The van der Waals surface area contributed by atoms with Crippen LogP contribution < -0.4 is 5.32 Å². The summed E-state index contributed by atoms with van der Waals surface area (Å²) in [5.74, 6) is 0.0423. The third-order valence-corrected chi connectivity index (χ3v) is 4.17. The SMILES string of the molecule is CC(C)(C)N1C(=O)NCC2(CCCCCC2)C1=O. The van der Waals surface area contributed by atoms with Gasteiger partial charge in [-0.05, 0) is 33.6 Å². The van der Waals surface area contributed by atoms with E-state index in [1.165, 1.54) is 17.7 Å². The predicted molar refractivity (Wildman–Crippen MR) is 70.1 cm³/mol. The Hall–Kier alpha value is -1.06. The van der Waals surface area contributed by atoms with Crippen LogP contribution in [0, 0.1) is 5.41 Å². The van der Waals surface area contributed by atoms with Crippen molar-refractivity contribution in [2.24, 2.45) is 5.41 Å². The molecule has 2 aliphatic rings. The number of hydrogen-bond donors (Lipinski definition) is 1. The number of urea groups is 1. The molecule has 0 aromatic rings. The number of nitrogens with one attached hydrogen (secondary N) is 1. The molecule has 0 bridgehead atoms. The van der Waals surface area contributed by atoms with Crippen molar-refractivity contribution < 1.29 is 9.59 Å². The maximum absolute atomic E-state index is 12.8. The van der Waals surface area contributed by atoms with Crippen LogP contribution in [-0.2, 0) is 4.79 Å². The Bertz CT molecular complexity index is 349. The summed E-state index contributed by atoms with van der Waals surface area (Å²) < 4.78 is 0. The first-order valence-corrected chi connectivity index (χ1v) is 6.99. The van der Waals surface area contributed by atoms with E-state index < -0.39 is 5.54 Å². The van der Waals surface area contributed by atoms with E-state index in [1.807, 2.05) is 20.8 Å². The minimum absolute atomic E-state index is 0.0423. The maximum Gasteiger partial charge on any atom is 0.324 e. The Morgan fingerprint density at radius 2 is 1.61 bits per heavy atom. The van der Waals surface area contributed by atoms with Crippen LogP contribution in [0.4, 0.5) is 4.79 Å². The van der Waals surface area contributed by atoms with Crippen molar-refractivity contribution >= 4 is 11.9 Å². The third kappa shape index (κ3) is 2.25. The van der Waals surface area contributed by atoms with E-state index in [9.17, 15) is 9.59 Å². The monoisotopic (exact) mass is 252 g/mol. The van der Waals surface area contributed by atoms with Gasteiger partial charge in [0.25, 0.3) is 0 Å². The van der Waals surface area contributed by atoms with E-state index in [-0.39, 0.29) is 17.4 Å². The molecule has 102 valence electrons. The molecule has 0 unspecified atom stereocenters. The standard InChI is InChI=1S/C14H24N2O2/c1-13(2,3)16-11(17)14(10-15-12(16)18)8-6-4-5-7-9-14/h4-10H2,1-3H3,(H,15,18). The van der Waals surface area contributed by atoms with Gasteiger partial charge >= 0.3 is 6.03 Å². The lowest BCUT2D eigenvalue weighted by molar-refractivity contribution is -0.146. The molecule has 0 aromatic heterocycles. The average molecular weight is 252 g/mol. The smallest absolute Gasteiger partial charge is 0.324 e. The van der Waals surface area contributed by atoms with Crippen molar-refractivity contribution in [2.75, 3.05) is 6.54 Å². The zero-order valence-corrected chi connectivity index (χ0v) is 11.7. The van der Waals surface area contributed by atoms with Crippen LogP contribution in [0.25, 0.3) is 0 Å². The van der Waals surface area contributed by atoms with E-state index in [0.29, 0.717) is 6.54 Å². The van der Waals surface area contributed by atoms with Crippen LogP contribution in [0.1, 0.15) is 59.3 Å². The molecule has 0 atom stereocenters. The highest BCUT2D eigenvalue weighted by atomic mass is 16.2. The van der Waals surface area contributed by atoms with Crippen LogP contribution >= 0.6 is 0 Å². The molecule has 1 spiro atoms. The molecule has 1 heterocycles. The van der Waals surface area contributed by atoms with Crippen molar-refractivity contribution in [1.29, 1.82) is 0 Å². The molecule has 3 amide bonds. The number of imide groups is 1.